The third-order valence-corrected chi connectivity index (χ3v) is 18.8. The van der Waals surface area contributed by atoms with Crippen molar-refractivity contribution >= 4 is 39.5 Å². The van der Waals surface area contributed by atoms with Gasteiger partial charge in [-0.05, 0) is 31.6 Å². The van der Waals surface area contributed by atoms with Crippen molar-refractivity contribution in [3.05, 3.63) is 0 Å². The van der Waals surface area contributed by atoms with Gasteiger partial charge in [-0.1, -0.05) is 317 Å². The molecule has 19 heteroatoms. The van der Waals surface area contributed by atoms with Gasteiger partial charge >= 0.3 is 39.5 Å². The largest absolute Gasteiger partial charge is 0.472 e. The first-order valence-electron chi connectivity index (χ1n) is 37.2. The normalized spacial score (nSPS) is 14.4. The molecule has 0 aromatic carbocycles. The Balaban J connectivity index is 5.26. The standard InChI is InChI=1S/C71H138O17P2/c1-6-10-13-16-19-22-25-28-34-39-44-49-54-68(73)81-60-66(87-70(75)56-51-46-41-36-30-27-24-21-18-15-12-8-3)62-85-89(77,78)83-58-65(72)59-84-90(79,80)86-63-67(61-82-69(74)55-50-45-40-35-29-26-23-20-17-14-11-7-2)88-71(76)57-52-47-42-37-32-31-33-38-43-48-53-64(5)9-4/h64-67,72H,6-63H2,1-5H3,(H,77,78)(H,79,80)/t64?,65-,66+,67+/m0/s1. The van der Waals surface area contributed by atoms with Crippen molar-refractivity contribution in [2.45, 2.75) is 387 Å². The lowest BCUT2D eigenvalue weighted by molar-refractivity contribution is -0.161. The molecular formula is C71H138O17P2. The number of esters is 4. The number of unbranched alkanes of at least 4 members (excludes halogenated alkanes) is 42. The number of rotatable bonds is 71. The molecule has 0 bridgehead atoms. The summed E-state index contributed by atoms with van der Waals surface area (Å²) in [4.78, 5) is 72.6. The minimum atomic E-state index is -4.95. The Morgan fingerprint density at radius 3 is 0.789 bits per heavy atom. The van der Waals surface area contributed by atoms with Crippen LogP contribution in [0.15, 0.2) is 0 Å². The van der Waals surface area contributed by atoms with Gasteiger partial charge in [-0.25, -0.2) is 9.13 Å². The van der Waals surface area contributed by atoms with Crippen LogP contribution < -0.4 is 0 Å². The number of phosphoric ester groups is 2. The van der Waals surface area contributed by atoms with Gasteiger partial charge in [-0.3, -0.25) is 37.3 Å². The van der Waals surface area contributed by atoms with Crippen LogP contribution in [0.3, 0.4) is 0 Å². The number of hydrogen-bond acceptors (Lipinski definition) is 15. The first-order valence-corrected chi connectivity index (χ1v) is 40.2. The van der Waals surface area contributed by atoms with Crippen molar-refractivity contribution in [3.63, 3.8) is 0 Å². The number of ether oxygens (including phenoxy) is 4. The second-order valence-corrected chi connectivity index (χ2v) is 28.8. The summed E-state index contributed by atoms with van der Waals surface area (Å²) in [6.07, 6.45) is 51.0. The van der Waals surface area contributed by atoms with Crippen LogP contribution in [0.4, 0.5) is 0 Å². The molecule has 0 spiro atoms. The molecule has 6 atom stereocenters. The molecule has 534 valence electrons. The van der Waals surface area contributed by atoms with E-state index in [1.165, 1.54) is 193 Å². The molecule has 0 radical (unpaired) electrons. The second kappa shape index (κ2) is 64.4. The molecule has 0 fully saturated rings. The minimum absolute atomic E-state index is 0.107. The maximum Gasteiger partial charge on any atom is 0.472 e. The number of hydrogen-bond donors (Lipinski definition) is 3. The summed E-state index contributed by atoms with van der Waals surface area (Å²) < 4.78 is 68.3. The van der Waals surface area contributed by atoms with Crippen LogP contribution in [-0.4, -0.2) is 96.7 Å². The fraction of sp³-hybridized carbons (Fsp3) is 0.944. The Kier molecular flexibility index (Phi) is 63.0. The predicted octanol–water partition coefficient (Wildman–Crippen LogP) is 20.5. The van der Waals surface area contributed by atoms with Crippen LogP contribution in [0.25, 0.3) is 0 Å². The van der Waals surface area contributed by atoms with E-state index >= 15 is 0 Å². The Labute approximate surface area is 549 Å². The van der Waals surface area contributed by atoms with Crippen molar-refractivity contribution < 1.29 is 80.2 Å². The van der Waals surface area contributed by atoms with E-state index in [1.54, 1.807) is 0 Å². The van der Waals surface area contributed by atoms with Gasteiger partial charge < -0.3 is 33.8 Å². The fourth-order valence-corrected chi connectivity index (χ4v) is 12.4. The van der Waals surface area contributed by atoms with Gasteiger partial charge in [0.2, 0.25) is 0 Å². The van der Waals surface area contributed by atoms with E-state index in [2.05, 4.69) is 34.6 Å². The maximum absolute atomic E-state index is 13.0. The lowest BCUT2D eigenvalue weighted by Gasteiger charge is -2.21. The van der Waals surface area contributed by atoms with Crippen LogP contribution in [0, 0.1) is 5.92 Å². The Morgan fingerprint density at radius 1 is 0.311 bits per heavy atom. The molecule has 0 saturated heterocycles. The highest BCUT2D eigenvalue weighted by atomic mass is 31.2. The second-order valence-electron chi connectivity index (χ2n) is 25.9. The predicted molar refractivity (Wildman–Crippen MR) is 363 cm³/mol. The van der Waals surface area contributed by atoms with Crippen molar-refractivity contribution in [3.8, 4) is 0 Å². The van der Waals surface area contributed by atoms with Crippen LogP contribution >= 0.6 is 15.6 Å². The van der Waals surface area contributed by atoms with Gasteiger partial charge in [-0.15, -0.1) is 0 Å². The van der Waals surface area contributed by atoms with Gasteiger partial charge in [-0.2, -0.15) is 0 Å². The van der Waals surface area contributed by atoms with E-state index in [-0.39, 0.29) is 25.7 Å². The first-order chi connectivity index (χ1) is 43.6. The zero-order valence-electron chi connectivity index (χ0n) is 58.3. The number of aliphatic hydroxyl groups is 1. The summed E-state index contributed by atoms with van der Waals surface area (Å²) in [5.41, 5.74) is 0. The topological polar surface area (TPSA) is 237 Å². The van der Waals surface area contributed by atoms with Crippen molar-refractivity contribution in [1.82, 2.24) is 0 Å². The van der Waals surface area contributed by atoms with Crippen molar-refractivity contribution in [1.29, 1.82) is 0 Å². The highest BCUT2D eigenvalue weighted by molar-refractivity contribution is 7.47. The van der Waals surface area contributed by atoms with Crippen LogP contribution in [0.2, 0.25) is 0 Å². The summed E-state index contributed by atoms with van der Waals surface area (Å²) in [6, 6.07) is 0. The average molecular weight is 1330 g/mol. The highest BCUT2D eigenvalue weighted by Gasteiger charge is 2.30. The molecule has 3 N–H and O–H groups in total. The van der Waals surface area contributed by atoms with E-state index in [0.717, 1.165) is 95.8 Å². The summed E-state index contributed by atoms with van der Waals surface area (Å²) >= 11 is 0. The third-order valence-electron chi connectivity index (χ3n) is 16.9. The van der Waals surface area contributed by atoms with Gasteiger partial charge in [0.05, 0.1) is 26.4 Å². The van der Waals surface area contributed by atoms with Crippen LogP contribution in [0.1, 0.15) is 369 Å². The van der Waals surface area contributed by atoms with E-state index in [4.69, 9.17) is 37.0 Å². The molecule has 0 aliphatic carbocycles. The molecule has 90 heavy (non-hydrogen) atoms. The van der Waals surface area contributed by atoms with Crippen LogP contribution in [-0.2, 0) is 65.4 Å². The third kappa shape index (κ3) is 63.5. The number of carbonyl (C=O) groups excluding carboxylic acids is 4. The molecule has 0 rings (SSSR count). The molecule has 0 aliphatic heterocycles. The average Bonchev–Trinajstić information content (AvgIpc) is 3.60. The SMILES string of the molecule is CCCCCCCCCCCCCCC(=O)OC[C@H](COP(=O)(O)OC[C@H](O)COP(=O)(O)OC[C@@H](COC(=O)CCCCCCCCCCCCCC)OC(=O)CCCCCCCCCCCCC(C)CC)OC(=O)CCCCCCCCCCCCCC. The maximum atomic E-state index is 13.0. The molecular weight excluding hydrogens is 1190 g/mol. The number of phosphoric acid groups is 2. The smallest absolute Gasteiger partial charge is 0.462 e. The summed E-state index contributed by atoms with van der Waals surface area (Å²) in [5, 5.41) is 10.6. The Bertz CT molecular complexity index is 1740. The van der Waals surface area contributed by atoms with E-state index in [0.29, 0.717) is 25.7 Å². The molecule has 17 nitrogen and oxygen atoms in total. The zero-order chi connectivity index (χ0) is 66.3. The number of carbonyl (C=O) groups is 4. The molecule has 0 amide bonds. The van der Waals surface area contributed by atoms with E-state index in [1.807, 2.05) is 0 Å². The molecule has 0 aliphatic rings. The quantitative estimate of drug-likeness (QED) is 0.0222. The first kappa shape index (κ1) is 88.1. The molecule has 0 aromatic rings. The van der Waals surface area contributed by atoms with E-state index < -0.39 is 97.5 Å². The van der Waals surface area contributed by atoms with Gasteiger partial charge in [0, 0.05) is 25.7 Å². The Hall–Kier alpha value is -1.94. The Morgan fingerprint density at radius 2 is 0.533 bits per heavy atom. The summed E-state index contributed by atoms with van der Waals surface area (Å²) in [6.45, 7) is 7.28. The van der Waals surface area contributed by atoms with Crippen molar-refractivity contribution in [2.24, 2.45) is 5.92 Å². The summed E-state index contributed by atoms with van der Waals surface area (Å²) in [5.74, 6) is -1.31. The molecule has 0 heterocycles. The summed E-state index contributed by atoms with van der Waals surface area (Å²) in [7, 11) is -9.90. The minimum Gasteiger partial charge on any atom is -0.462 e. The van der Waals surface area contributed by atoms with Gasteiger partial charge in [0.1, 0.15) is 19.3 Å². The zero-order valence-corrected chi connectivity index (χ0v) is 60.1. The van der Waals surface area contributed by atoms with Gasteiger partial charge in [0.25, 0.3) is 0 Å². The van der Waals surface area contributed by atoms with Crippen LogP contribution in [0.5, 0.6) is 0 Å². The van der Waals surface area contributed by atoms with E-state index in [9.17, 15) is 43.2 Å². The lowest BCUT2D eigenvalue weighted by atomic mass is 9.99. The lowest BCUT2D eigenvalue weighted by Crippen LogP contribution is -2.30. The van der Waals surface area contributed by atoms with Gasteiger partial charge in [0.15, 0.2) is 12.2 Å². The molecule has 0 aromatic heterocycles. The highest BCUT2D eigenvalue weighted by Crippen LogP contribution is 2.45. The fourth-order valence-electron chi connectivity index (χ4n) is 10.8. The van der Waals surface area contributed by atoms with Crippen molar-refractivity contribution in [2.75, 3.05) is 39.6 Å². The monoisotopic (exact) mass is 1320 g/mol. The molecule has 3 unspecified atom stereocenters. The molecule has 0 saturated carbocycles. The number of aliphatic hydroxyl groups excluding tert-OH is 1.